The van der Waals surface area contributed by atoms with Crippen molar-refractivity contribution in [2.45, 2.75) is 31.7 Å². The maximum absolute atomic E-state index is 5.70. The third kappa shape index (κ3) is 6.09. The molecule has 0 aromatic heterocycles. The van der Waals surface area contributed by atoms with E-state index in [-0.39, 0.29) is 24.0 Å². The second kappa shape index (κ2) is 11.1. The van der Waals surface area contributed by atoms with Crippen LogP contribution in [0.15, 0.2) is 35.3 Å². The Hall–Kier alpha value is -0.860. The van der Waals surface area contributed by atoms with Gasteiger partial charge >= 0.3 is 0 Å². The Morgan fingerprint density at radius 2 is 2.08 bits per heavy atom. The molecular weight excluding hydrogens is 441 g/mol. The maximum Gasteiger partial charge on any atom is 0.194 e. The third-order valence-corrected chi connectivity index (χ3v) is 5.01. The Morgan fingerprint density at radius 3 is 2.81 bits per heavy atom. The predicted octanol–water partition coefficient (Wildman–Crippen LogP) is 3.11. The molecule has 26 heavy (non-hydrogen) atoms. The van der Waals surface area contributed by atoms with Gasteiger partial charge in [0, 0.05) is 44.6 Å². The summed E-state index contributed by atoms with van der Waals surface area (Å²) in [5, 5.41) is 3.69. The summed E-state index contributed by atoms with van der Waals surface area (Å²) in [6, 6.07) is 11.3. The molecule has 0 amide bonds. The first kappa shape index (κ1) is 21.4. The van der Waals surface area contributed by atoms with Crippen molar-refractivity contribution < 1.29 is 9.47 Å². The van der Waals surface area contributed by atoms with Crippen molar-refractivity contribution in [3.05, 3.63) is 35.9 Å². The number of ether oxygens (including phenoxy) is 2. The van der Waals surface area contributed by atoms with Crippen molar-refractivity contribution in [2.75, 3.05) is 46.6 Å². The fourth-order valence-corrected chi connectivity index (χ4v) is 3.53. The number of likely N-dealkylation sites (tertiary alicyclic amines) is 1. The van der Waals surface area contributed by atoms with E-state index in [1.165, 1.54) is 18.4 Å². The standard InChI is InChI=1S/C20H31N3O2.HI/c1-3-21-20(22-19-13-18(19)17-7-5-4-6-8-17)23-10-9-16(14-23)15-25-12-11-24-2;/h4-8,16,18-19H,3,9-15H2,1-2H3,(H,21,22);1H. The number of nitrogens with one attached hydrogen (secondary N) is 1. The Balaban J connectivity index is 0.00000243. The zero-order valence-corrected chi connectivity index (χ0v) is 18.2. The van der Waals surface area contributed by atoms with Crippen molar-refractivity contribution in [1.82, 2.24) is 10.2 Å². The fourth-order valence-electron chi connectivity index (χ4n) is 3.53. The molecule has 1 saturated heterocycles. The van der Waals surface area contributed by atoms with Crippen LogP contribution in [-0.4, -0.2) is 63.5 Å². The Bertz CT molecular complexity index is 555. The van der Waals surface area contributed by atoms with E-state index >= 15 is 0 Å². The van der Waals surface area contributed by atoms with Crippen LogP contribution in [-0.2, 0) is 9.47 Å². The van der Waals surface area contributed by atoms with Crippen molar-refractivity contribution in [3.63, 3.8) is 0 Å². The van der Waals surface area contributed by atoms with E-state index in [9.17, 15) is 0 Å². The van der Waals surface area contributed by atoms with E-state index in [0.29, 0.717) is 31.1 Å². The molecule has 3 unspecified atom stereocenters. The lowest BCUT2D eigenvalue weighted by Crippen LogP contribution is -2.42. The highest BCUT2D eigenvalue weighted by molar-refractivity contribution is 14.0. The zero-order valence-electron chi connectivity index (χ0n) is 15.9. The molecule has 1 aromatic carbocycles. The molecule has 3 rings (SSSR count). The van der Waals surface area contributed by atoms with Gasteiger partial charge in [0.05, 0.1) is 19.8 Å². The van der Waals surface area contributed by atoms with Gasteiger partial charge in [-0.25, -0.2) is 0 Å². The number of hydrogen-bond donors (Lipinski definition) is 1. The minimum Gasteiger partial charge on any atom is -0.382 e. The molecule has 0 spiro atoms. The van der Waals surface area contributed by atoms with E-state index < -0.39 is 0 Å². The van der Waals surface area contributed by atoms with Gasteiger partial charge in [-0.3, -0.25) is 4.99 Å². The van der Waals surface area contributed by atoms with Gasteiger partial charge in [0.1, 0.15) is 0 Å². The Labute approximate surface area is 174 Å². The van der Waals surface area contributed by atoms with E-state index in [4.69, 9.17) is 14.5 Å². The smallest absolute Gasteiger partial charge is 0.194 e. The van der Waals surface area contributed by atoms with Gasteiger partial charge in [0.2, 0.25) is 0 Å². The van der Waals surface area contributed by atoms with Crippen LogP contribution >= 0.6 is 24.0 Å². The Kier molecular flexibility index (Phi) is 9.15. The van der Waals surface area contributed by atoms with Crippen molar-refractivity contribution in [2.24, 2.45) is 10.9 Å². The van der Waals surface area contributed by atoms with Crippen molar-refractivity contribution >= 4 is 29.9 Å². The van der Waals surface area contributed by atoms with E-state index in [1.807, 2.05) is 0 Å². The average molecular weight is 473 g/mol. The lowest BCUT2D eigenvalue weighted by molar-refractivity contribution is 0.0536. The summed E-state index contributed by atoms with van der Waals surface area (Å²) < 4.78 is 10.7. The summed E-state index contributed by atoms with van der Waals surface area (Å²) in [7, 11) is 1.71. The van der Waals surface area contributed by atoms with Gasteiger partial charge in [0.15, 0.2) is 5.96 Å². The SMILES string of the molecule is CCN=C(NC1CC1c1ccccc1)N1CCC(COCCOC)C1.I. The molecule has 1 saturated carbocycles. The second-order valence-corrected chi connectivity index (χ2v) is 6.97. The number of nitrogens with zero attached hydrogens (tertiary/aromatic N) is 2. The number of halogens is 1. The van der Waals surface area contributed by atoms with E-state index in [0.717, 1.165) is 32.2 Å². The molecule has 0 radical (unpaired) electrons. The number of hydrogen-bond acceptors (Lipinski definition) is 3. The molecule has 1 heterocycles. The summed E-state index contributed by atoms with van der Waals surface area (Å²) in [5.41, 5.74) is 1.43. The number of aliphatic imine (C=N–C) groups is 1. The van der Waals surface area contributed by atoms with Crippen LogP contribution in [0.4, 0.5) is 0 Å². The molecule has 1 N–H and O–H groups in total. The van der Waals surface area contributed by atoms with Crippen LogP contribution in [0, 0.1) is 5.92 Å². The highest BCUT2D eigenvalue weighted by atomic mass is 127. The third-order valence-electron chi connectivity index (χ3n) is 5.01. The molecule has 3 atom stereocenters. The molecule has 1 aromatic rings. The van der Waals surface area contributed by atoms with Crippen molar-refractivity contribution in [3.8, 4) is 0 Å². The summed E-state index contributed by atoms with van der Waals surface area (Å²) in [5.74, 6) is 2.29. The highest BCUT2D eigenvalue weighted by Crippen LogP contribution is 2.40. The number of methoxy groups -OCH3 is 1. The molecule has 1 aliphatic heterocycles. The average Bonchev–Trinajstić information content (AvgIpc) is 3.25. The molecule has 5 nitrogen and oxygen atoms in total. The molecule has 146 valence electrons. The monoisotopic (exact) mass is 473 g/mol. The first-order chi connectivity index (χ1) is 12.3. The lowest BCUT2D eigenvalue weighted by atomic mass is 10.1. The maximum atomic E-state index is 5.70. The van der Waals surface area contributed by atoms with Gasteiger partial charge in [-0.05, 0) is 25.3 Å². The van der Waals surface area contributed by atoms with Gasteiger partial charge in [0.25, 0.3) is 0 Å². The van der Waals surface area contributed by atoms with Crippen LogP contribution < -0.4 is 5.32 Å². The minimum absolute atomic E-state index is 0. The number of rotatable bonds is 8. The quantitative estimate of drug-likeness (QED) is 0.273. The minimum atomic E-state index is 0. The molecule has 2 fully saturated rings. The van der Waals surface area contributed by atoms with Crippen molar-refractivity contribution in [1.29, 1.82) is 0 Å². The molecule has 1 aliphatic carbocycles. The first-order valence-corrected chi connectivity index (χ1v) is 9.49. The van der Waals surface area contributed by atoms with Gasteiger partial charge in [-0.2, -0.15) is 0 Å². The Morgan fingerprint density at radius 1 is 1.27 bits per heavy atom. The van der Waals surface area contributed by atoms with Crippen LogP contribution in [0.1, 0.15) is 31.2 Å². The van der Waals surface area contributed by atoms with Gasteiger partial charge in [-0.15, -0.1) is 24.0 Å². The molecular formula is C20H32IN3O2. The second-order valence-electron chi connectivity index (χ2n) is 6.97. The fraction of sp³-hybridized carbons (Fsp3) is 0.650. The van der Waals surface area contributed by atoms with Crippen LogP contribution in [0.2, 0.25) is 0 Å². The summed E-state index contributed by atoms with van der Waals surface area (Å²) in [6.07, 6.45) is 2.37. The predicted molar refractivity (Wildman–Crippen MR) is 116 cm³/mol. The molecule has 6 heteroatoms. The summed E-state index contributed by atoms with van der Waals surface area (Å²) in [4.78, 5) is 7.13. The van der Waals surface area contributed by atoms with Crippen LogP contribution in [0.25, 0.3) is 0 Å². The van der Waals surface area contributed by atoms with Gasteiger partial charge in [-0.1, -0.05) is 30.3 Å². The van der Waals surface area contributed by atoms with E-state index in [2.05, 4.69) is 47.5 Å². The largest absolute Gasteiger partial charge is 0.382 e. The topological polar surface area (TPSA) is 46.1 Å². The molecule has 2 aliphatic rings. The normalized spacial score (nSPS) is 25.1. The van der Waals surface area contributed by atoms with E-state index in [1.54, 1.807) is 7.11 Å². The number of benzene rings is 1. The summed E-state index contributed by atoms with van der Waals surface area (Å²) >= 11 is 0. The zero-order chi connectivity index (χ0) is 17.5. The first-order valence-electron chi connectivity index (χ1n) is 9.49. The van der Waals surface area contributed by atoms with Crippen LogP contribution in [0.3, 0.4) is 0 Å². The number of guanidine groups is 1. The molecule has 0 bridgehead atoms. The van der Waals surface area contributed by atoms with Crippen LogP contribution in [0.5, 0.6) is 0 Å². The highest BCUT2D eigenvalue weighted by Gasteiger charge is 2.40. The van der Waals surface area contributed by atoms with Gasteiger partial charge < -0.3 is 19.7 Å². The lowest BCUT2D eigenvalue weighted by Gasteiger charge is -2.22. The summed E-state index contributed by atoms with van der Waals surface area (Å²) in [6.45, 7) is 7.18.